The van der Waals surface area contributed by atoms with E-state index in [0.717, 1.165) is 0 Å². The Kier molecular flexibility index (Phi) is 3.65. The quantitative estimate of drug-likeness (QED) is 0.800. The van der Waals surface area contributed by atoms with Crippen molar-refractivity contribution in [3.63, 3.8) is 0 Å². The molecule has 0 aliphatic carbocycles. The Balaban J connectivity index is 1.83. The number of aromatic nitrogens is 2. The minimum absolute atomic E-state index is 0.238. The summed E-state index contributed by atoms with van der Waals surface area (Å²) in [7, 11) is 0. The third-order valence-electron chi connectivity index (χ3n) is 2.96. The van der Waals surface area contributed by atoms with E-state index >= 15 is 0 Å². The number of benzene rings is 1. The van der Waals surface area contributed by atoms with Crippen LogP contribution in [0.25, 0.3) is 22.6 Å². The zero-order valence-corrected chi connectivity index (χ0v) is 11.4. The molecule has 0 amide bonds. The molecule has 23 heavy (non-hydrogen) atoms. The molecule has 1 aromatic carbocycles. The predicted molar refractivity (Wildman–Crippen MR) is 74.7 cm³/mol. The Hall–Kier alpha value is -3.03. The highest BCUT2D eigenvalue weighted by molar-refractivity contribution is 5.66. The van der Waals surface area contributed by atoms with Gasteiger partial charge in [-0.3, -0.25) is 4.79 Å². The van der Waals surface area contributed by atoms with Gasteiger partial charge in [0.15, 0.2) is 5.76 Å². The van der Waals surface area contributed by atoms with Gasteiger partial charge in [-0.2, -0.15) is 0 Å². The third kappa shape index (κ3) is 3.60. The number of aromatic amines is 1. The lowest BCUT2D eigenvalue weighted by atomic mass is 10.1. The van der Waals surface area contributed by atoms with Gasteiger partial charge in [0.25, 0.3) is 0 Å². The van der Waals surface area contributed by atoms with Gasteiger partial charge in [0.1, 0.15) is 11.4 Å². The van der Waals surface area contributed by atoms with E-state index in [1.54, 1.807) is 12.1 Å². The molecule has 0 atom stereocenters. The molecule has 118 valence electrons. The molecule has 5 nitrogen and oxygen atoms in total. The summed E-state index contributed by atoms with van der Waals surface area (Å²) in [6.07, 6.45) is -3.24. The van der Waals surface area contributed by atoms with Crippen LogP contribution in [0.3, 0.4) is 0 Å². The van der Waals surface area contributed by atoms with Crippen molar-refractivity contribution >= 4 is 0 Å². The second-order valence-corrected chi connectivity index (χ2v) is 4.59. The molecule has 8 heteroatoms. The average Bonchev–Trinajstić information content (AvgIpc) is 2.97. The summed E-state index contributed by atoms with van der Waals surface area (Å²) >= 11 is 0. The SMILES string of the molecule is O=c1ccc(-c2cc(-c3ccc(OC(F)(F)F)cc3)on2)c[nH]1. The van der Waals surface area contributed by atoms with Crippen LogP contribution in [0.15, 0.2) is 58.0 Å². The zero-order chi connectivity index (χ0) is 16.4. The lowest BCUT2D eigenvalue weighted by Crippen LogP contribution is -2.16. The van der Waals surface area contributed by atoms with Crippen molar-refractivity contribution in [2.24, 2.45) is 0 Å². The molecule has 1 N–H and O–H groups in total. The predicted octanol–water partition coefficient (Wildman–Crippen LogP) is 3.60. The number of halogens is 3. The van der Waals surface area contributed by atoms with Crippen LogP contribution in [0.1, 0.15) is 0 Å². The standard InChI is InChI=1S/C15H9F3N2O3/c16-15(17,18)22-11-4-1-9(2-5-11)13-7-12(20-23-13)10-3-6-14(21)19-8-10/h1-8H,(H,19,21). The summed E-state index contributed by atoms with van der Waals surface area (Å²) in [5.41, 5.74) is 1.45. The van der Waals surface area contributed by atoms with Crippen LogP contribution >= 0.6 is 0 Å². The molecular formula is C15H9F3N2O3. The first-order valence-corrected chi connectivity index (χ1v) is 6.43. The Morgan fingerprint density at radius 1 is 1.04 bits per heavy atom. The van der Waals surface area contributed by atoms with Crippen molar-refractivity contribution in [3.05, 3.63) is 59.0 Å². The minimum Gasteiger partial charge on any atom is -0.406 e. The van der Waals surface area contributed by atoms with Crippen molar-refractivity contribution in [1.29, 1.82) is 0 Å². The number of hydrogen-bond acceptors (Lipinski definition) is 4. The molecular weight excluding hydrogens is 313 g/mol. The zero-order valence-electron chi connectivity index (χ0n) is 11.4. The highest BCUT2D eigenvalue weighted by atomic mass is 19.4. The fourth-order valence-electron chi connectivity index (χ4n) is 1.94. The maximum atomic E-state index is 12.1. The first kappa shape index (κ1) is 14.9. The molecule has 0 bridgehead atoms. The van der Waals surface area contributed by atoms with Crippen LogP contribution in [-0.2, 0) is 0 Å². The maximum Gasteiger partial charge on any atom is 0.573 e. The van der Waals surface area contributed by atoms with E-state index < -0.39 is 6.36 Å². The van der Waals surface area contributed by atoms with E-state index in [2.05, 4.69) is 14.9 Å². The second kappa shape index (κ2) is 5.64. The van der Waals surface area contributed by atoms with Crippen LogP contribution in [0, 0.1) is 0 Å². The van der Waals surface area contributed by atoms with Crippen molar-refractivity contribution in [2.45, 2.75) is 6.36 Å². The largest absolute Gasteiger partial charge is 0.573 e. The minimum atomic E-state index is -4.73. The van der Waals surface area contributed by atoms with Crippen LogP contribution in [0.2, 0.25) is 0 Å². The summed E-state index contributed by atoms with van der Waals surface area (Å²) in [4.78, 5) is 13.5. The van der Waals surface area contributed by atoms with E-state index in [9.17, 15) is 18.0 Å². The van der Waals surface area contributed by atoms with Crippen molar-refractivity contribution < 1.29 is 22.4 Å². The first-order chi connectivity index (χ1) is 10.9. The number of rotatable bonds is 3. The van der Waals surface area contributed by atoms with Crippen LogP contribution in [-0.4, -0.2) is 16.5 Å². The van der Waals surface area contributed by atoms with Crippen molar-refractivity contribution in [1.82, 2.24) is 10.1 Å². The lowest BCUT2D eigenvalue weighted by molar-refractivity contribution is -0.274. The molecule has 0 saturated carbocycles. The molecule has 0 aliphatic heterocycles. The Labute approximate surface area is 127 Å². The van der Waals surface area contributed by atoms with Gasteiger partial charge in [-0.1, -0.05) is 5.16 Å². The van der Waals surface area contributed by atoms with Crippen molar-refractivity contribution in [3.8, 4) is 28.3 Å². The van der Waals surface area contributed by atoms with Gasteiger partial charge in [-0.25, -0.2) is 0 Å². The Morgan fingerprint density at radius 2 is 1.74 bits per heavy atom. The lowest BCUT2D eigenvalue weighted by Gasteiger charge is -2.08. The molecule has 0 aliphatic rings. The van der Waals surface area contributed by atoms with Gasteiger partial charge in [-0.15, -0.1) is 13.2 Å². The van der Waals surface area contributed by atoms with Crippen LogP contribution < -0.4 is 10.3 Å². The van der Waals surface area contributed by atoms with Gasteiger partial charge >= 0.3 is 6.36 Å². The molecule has 2 heterocycles. The van der Waals surface area contributed by atoms with E-state index in [1.807, 2.05) is 0 Å². The van der Waals surface area contributed by atoms with Gasteiger partial charge in [0.05, 0.1) is 0 Å². The molecule has 2 aromatic heterocycles. The van der Waals surface area contributed by atoms with Gasteiger partial charge in [-0.05, 0) is 30.3 Å². The van der Waals surface area contributed by atoms with Gasteiger partial charge in [0, 0.05) is 29.5 Å². The number of nitrogens with one attached hydrogen (secondary N) is 1. The van der Waals surface area contributed by atoms with Gasteiger partial charge < -0.3 is 14.2 Å². The number of ether oxygens (including phenoxy) is 1. The third-order valence-corrected chi connectivity index (χ3v) is 2.96. The van der Waals surface area contributed by atoms with Crippen LogP contribution in [0.5, 0.6) is 5.75 Å². The Bertz CT molecular complexity index is 846. The smallest absolute Gasteiger partial charge is 0.406 e. The molecule has 0 spiro atoms. The second-order valence-electron chi connectivity index (χ2n) is 4.59. The van der Waals surface area contributed by atoms with Gasteiger partial charge in [0.2, 0.25) is 5.56 Å². The average molecular weight is 322 g/mol. The molecule has 0 fully saturated rings. The van der Waals surface area contributed by atoms with E-state index in [1.165, 1.54) is 36.5 Å². The van der Waals surface area contributed by atoms with E-state index in [-0.39, 0.29) is 11.3 Å². The molecule has 3 rings (SSSR count). The normalized spacial score (nSPS) is 11.4. The fraction of sp³-hybridized carbons (Fsp3) is 0.0667. The fourth-order valence-corrected chi connectivity index (χ4v) is 1.94. The Morgan fingerprint density at radius 3 is 2.35 bits per heavy atom. The summed E-state index contributed by atoms with van der Waals surface area (Å²) < 4.78 is 45.3. The summed E-state index contributed by atoms with van der Waals surface area (Å²) in [6, 6.07) is 9.79. The number of alkyl halides is 3. The first-order valence-electron chi connectivity index (χ1n) is 6.43. The topological polar surface area (TPSA) is 68.1 Å². The monoisotopic (exact) mass is 322 g/mol. The number of pyridine rings is 1. The summed E-state index contributed by atoms with van der Waals surface area (Å²) in [5.74, 6) is 0.0615. The highest BCUT2D eigenvalue weighted by Gasteiger charge is 2.31. The molecule has 3 aromatic rings. The van der Waals surface area contributed by atoms with Crippen molar-refractivity contribution in [2.75, 3.05) is 0 Å². The van der Waals surface area contributed by atoms with E-state index in [4.69, 9.17) is 4.52 Å². The molecule has 0 unspecified atom stereocenters. The van der Waals surface area contributed by atoms with Crippen LogP contribution in [0.4, 0.5) is 13.2 Å². The number of nitrogens with zero attached hydrogens (tertiary/aromatic N) is 1. The van der Waals surface area contributed by atoms with E-state index in [0.29, 0.717) is 22.6 Å². The highest BCUT2D eigenvalue weighted by Crippen LogP contribution is 2.28. The number of H-pyrrole nitrogens is 1. The summed E-state index contributed by atoms with van der Waals surface area (Å²) in [5, 5.41) is 3.87. The molecule has 0 radical (unpaired) electrons. The maximum absolute atomic E-state index is 12.1. The number of hydrogen-bond donors (Lipinski definition) is 1. The molecule has 0 saturated heterocycles. The summed E-state index contributed by atoms with van der Waals surface area (Å²) in [6.45, 7) is 0.